The molecule has 0 spiro atoms. The maximum atomic E-state index is 3.66. The van der Waals surface area contributed by atoms with Crippen LogP contribution in [-0.2, 0) is 0 Å². The summed E-state index contributed by atoms with van der Waals surface area (Å²) in [6.45, 7) is 6.87. The molecule has 2 heteroatoms. The SMILES string of the molecule is CCCCCC(C)(CCC)Nc1cc[nH]c1. The van der Waals surface area contributed by atoms with Crippen LogP contribution in [-0.4, -0.2) is 10.5 Å². The van der Waals surface area contributed by atoms with Gasteiger partial charge >= 0.3 is 0 Å². The minimum Gasteiger partial charge on any atom is -0.379 e. The van der Waals surface area contributed by atoms with E-state index >= 15 is 0 Å². The summed E-state index contributed by atoms with van der Waals surface area (Å²) >= 11 is 0. The second kappa shape index (κ2) is 6.62. The van der Waals surface area contributed by atoms with Crippen LogP contribution >= 0.6 is 0 Å². The number of unbranched alkanes of at least 4 members (excludes halogenated alkanes) is 2. The fourth-order valence-corrected chi connectivity index (χ4v) is 2.32. The summed E-state index contributed by atoms with van der Waals surface area (Å²) in [6.07, 6.45) is 11.7. The number of aromatic nitrogens is 1. The first-order chi connectivity index (χ1) is 7.70. The quantitative estimate of drug-likeness (QED) is 0.620. The number of hydrogen-bond acceptors (Lipinski definition) is 1. The number of rotatable bonds is 8. The Labute approximate surface area is 99.8 Å². The molecule has 1 aromatic rings. The van der Waals surface area contributed by atoms with E-state index in [1.807, 2.05) is 12.4 Å². The van der Waals surface area contributed by atoms with Crippen LogP contribution in [0.4, 0.5) is 5.69 Å². The van der Waals surface area contributed by atoms with Crippen molar-refractivity contribution in [2.45, 2.75) is 64.8 Å². The first-order valence-corrected chi connectivity index (χ1v) is 6.61. The van der Waals surface area contributed by atoms with Gasteiger partial charge in [0.25, 0.3) is 0 Å². The molecule has 0 radical (unpaired) electrons. The molecule has 16 heavy (non-hydrogen) atoms. The topological polar surface area (TPSA) is 27.8 Å². The highest BCUT2D eigenvalue weighted by molar-refractivity contribution is 5.43. The molecular weight excluding hydrogens is 196 g/mol. The molecule has 0 amide bonds. The Kier molecular flexibility index (Phi) is 5.44. The molecule has 2 nitrogen and oxygen atoms in total. The smallest absolute Gasteiger partial charge is 0.0521 e. The lowest BCUT2D eigenvalue weighted by Crippen LogP contribution is -2.34. The largest absolute Gasteiger partial charge is 0.379 e. The van der Waals surface area contributed by atoms with Crippen molar-refractivity contribution in [1.82, 2.24) is 4.98 Å². The van der Waals surface area contributed by atoms with E-state index in [-0.39, 0.29) is 5.54 Å². The second-order valence-electron chi connectivity index (χ2n) is 4.99. The third-order valence-corrected chi connectivity index (χ3v) is 3.18. The minimum absolute atomic E-state index is 0.256. The number of nitrogens with one attached hydrogen (secondary N) is 2. The third kappa shape index (κ3) is 4.30. The first-order valence-electron chi connectivity index (χ1n) is 6.61. The van der Waals surface area contributed by atoms with Gasteiger partial charge < -0.3 is 10.3 Å². The Bertz CT molecular complexity index is 266. The van der Waals surface area contributed by atoms with E-state index in [9.17, 15) is 0 Å². The lowest BCUT2D eigenvalue weighted by atomic mass is 9.89. The highest BCUT2D eigenvalue weighted by Crippen LogP contribution is 2.25. The molecule has 1 atom stereocenters. The highest BCUT2D eigenvalue weighted by Gasteiger charge is 2.22. The van der Waals surface area contributed by atoms with Gasteiger partial charge in [-0.05, 0) is 25.8 Å². The zero-order valence-corrected chi connectivity index (χ0v) is 11.0. The number of anilines is 1. The van der Waals surface area contributed by atoms with Gasteiger partial charge in [-0.25, -0.2) is 0 Å². The molecule has 0 saturated carbocycles. The summed E-state index contributed by atoms with van der Waals surface area (Å²) in [7, 11) is 0. The lowest BCUT2D eigenvalue weighted by Gasteiger charge is -2.31. The average molecular weight is 222 g/mol. The van der Waals surface area contributed by atoms with E-state index in [4.69, 9.17) is 0 Å². The number of aromatic amines is 1. The molecule has 0 fully saturated rings. The molecule has 0 aromatic carbocycles. The fourth-order valence-electron chi connectivity index (χ4n) is 2.32. The normalized spacial score (nSPS) is 14.7. The van der Waals surface area contributed by atoms with Crippen molar-refractivity contribution in [2.75, 3.05) is 5.32 Å². The second-order valence-corrected chi connectivity index (χ2v) is 4.99. The standard InChI is InChI=1S/C14H26N2/c1-4-6-7-10-14(3,9-5-2)16-13-8-11-15-12-13/h8,11-12,15-16H,4-7,9-10H2,1-3H3. The monoisotopic (exact) mass is 222 g/mol. The molecule has 0 bridgehead atoms. The molecule has 0 saturated heterocycles. The van der Waals surface area contributed by atoms with Gasteiger partial charge in [-0.2, -0.15) is 0 Å². The molecule has 1 heterocycles. The van der Waals surface area contributed by atoms with Crippen LogP contribution in [0.25, 0.3) is 0 Å². The molecular formula is C14H26N2. The van der Waals surface area contributed by atoms with Crippen LogP contribution in [0, 0.1) is 0 Å². The van der Waals surface area contributed by atoms with Gasteiger partial charge in [0.05, 0.1) is 5.69 Å². The number of H-pyrrole nitrogens is 1. The fraction of sp³-hybridized carbons (Fsp3) is 0.714. The summed E-state index contributed by atoms with van der Waals surface area (Å²) < 4.78 is 0. The molecule has 1 unspecified atom stereocenters. The van der Waals surface area contributed by atoms with E-state index in [0.717, 1.165) is 0 Å². The van der Waals surface area contributed by atoms with Crippen LogP contribution in [0.3, 0.4) is 0 Å². The molecule has 92 valence electrons. The van der Waals surface area contributed by atoms with Crippen LogP contribution in [0.2, 0.25) is 0 Å². The van der Waals surface area contributed by atoms with Crippen molar-refractivity contribution in [2.24, 2.45) is 0 Å². The summed E-state index contributed by atoms with van der Waals surface area (Å²) in [5.74, 6) is 0. The average Bonchev–Trinajstić information content (AvgIpc) is 2.71. The summed E-state index contributed by atoms with van der Waals surface area (Å²) in [6, 6.07) is 2.10. The van der Waals surface area contributed by atoms with Crippen molar-refractivity contribution < 1.29 is 0 Å². The van der Waals surface area contributed by atoms with Gasteiger partial charge in [-0.1, -0.05) is 39.5 Å². The van der Waals surface area contributed by atoms with E-state index in [2.05, 4.69) is 37.1 Å². The first kappa shape index (κ1) is 13.1. The number of hydrogen-bond donors (Lipinski definition) is 2. The molecule has 2 N–H and O–H groups in total. The Morgan fingerprint density at radius 3 is 2.56 bits per heavy atom. The Morgan fingerprint density at radius 1 is 1.19 bits per heavy atom. The zero-order chi connectivity index (χ0) is 11.9. The Hall–Kier alpha value is -0.920. The summed E-state index contributed by atoms with van der Waals surface area (Å²) in [5.41, 5.74) is 1.47. The van der Waals surface area contributed by atoms with Crippen LogP contribution < -0.4 is 5.32 Å². The molecule has 0 aliphatic carbocycles. The molecule has 1 rings (SSSR count). The predicted octanol–water partition coefficient (Wildman–Crippen LogP) is 4.57. The predicted molar refractivity (Wildman–Crippen MR) is 71.9 cm³/mol. The van der Waals surface area contributed by atoms with E-state index in [0.29, 0.717) is 0 Å². The van der Waals surface area contributed by atoms with Crippen LogP contribution in [0.15, 0.2) is 18.5 Å². The molecule has 0 aliphatic heterocycles. The maximum absolute atomic E-state index is 3.66. The van der Waals surface area contributed by atoms with Gasteiger partial charge in [-0.15, -0.1) is 0 Å². The summed E-state index contributed by atoms with van der Waals surface area (Å²) in [5, 5.41) is 3.66. The van der Waals surface area contributed by atoms with Gasteiger partial charge in [0.15, 0.2) is 0 Å². The highest BCUT2D eigenvalue weighted by atomic mass is 15.0. The van der Waals surface area contributed by atoms with Crippen LogP contribution in [0.5, 0.6) is 0 Å². The van der Waals surface area contributed by atoms with Crippen molar-refractivity contribution in [3.8, 4) is 0 Å². The molecule has 0 aliphatic rings. The van der Waals surface area contributed by atoms with Crippen molar-refractivity contribution in [3.05, 3.63) is 18.5 Å². The third-order valence-electron chi connectivity index (χ3n) is 3.18. The van der Waals surface area contributed by atoms with E-state index in [1.165, 1.54) is 44.2 Å². The Morgan fingerprint density at radius 2 is 2.00 bits per heavy atom. The van der Waals surface area contributed by atoms with Crippen LogP contribution in [0.1, 0.15) is 59.3 Å². The zero-order valence-electron chi connectivity index (χ0n) is 11.0. The Balaban J connectivity index is 2.50. The van der Waals surface area contributed by atoms with Crippen molar-refractivity contribution in [3.63, 3.8) is 0 Å². The maximum Gasteiger partial charge on any atom is 0.0521 e. The van der Waals surface area contributed by atoms with E-state index < -0.39 is 0 Å². The van der Waals surface area contributed by atoms with Gasteiger partial charge in [0.1, 0.15) is 0 Å². The molecule has 1 aromatic heterocycles. The minimum atomic E-state index is 0.256. The van der Waals surface area contributed by atoms with Gasteiger partial charge in [0.2, 0.25) is 0 Å². The van der Waals surface area contributed by atoms with Crippen molar-refractivity contribution in [1.29, 1.82) is 0 Å². The van der Waals surface area contributed by atoms with Gasteiger partial charge in [0, 0.05) is 17.9 Å². The van der Waals surface area contributed by atoms with E-state index in [1.54, 1.807) is 0 Å². The van der Waals surface area contributed by atoms with Crippen molar-refractivity contribution >= 4 is 5.69 Å². The summed E-state index contributed by atoms with van der Waals surface area (Å²) in [4.78, 5) is 3.10. The van der Waals surface area contributed by atoms with Gasteiger partial charge in [-0.3, -0.25) is 0 Å². The lowest BCUT2D eigenvalue weighted by molar-refractivity contribution is 0.413.